The number of ether oxygens (including phenoxy) is 2. The van der Waals surface area contributed by atoms with Gasteiger partial charge in [0.05, 0.1) is 11.4 Å². The molecule has 0 unspecified atom stereocenters. The van der Waals surface area contributed by atoms with E-state index < -0.39 is 10.0 Å². The van der Waals surface area contributed by atoms with E-state index in [0.717, 1.165) is 0 Å². The Labute approximate surface area is 112 Å². The monoisotopic (exact) mass is 287 g/mol. The molecule has 0 bridgehead atoms. The molecule has 0 spiro atoms. The van der Waals surface area contributed by atoms with E-state index in [1.165, 1.54) is 0 Å². The highest BCUT2D eigenvalue weighted by molar-refractivity contribution is 7.92. The maximum absolute atomic E-state index is 11.8. The first-order valence-electron chi connectivity index (χ1n) is 6.12. The molecule has 7 heteroatoms. The number of unbranched alkanes of at least 4 members (excludes halogenated alkanes) is 1. The first-order chi connectivity index (χ1) is 9.11. The molecule has 19 heavy (non-hydrogen) atoms. The van der Waals surface area contributed by atoms with Crippen molar-refractivity contribution >= 4 is 15.7 Å². The predicted octanol–water partition coefficient (Wildman–Crippen LogP) is 0.972. The van der Waals surface area contributed by atoms with Gasteiger partial charge in [0.2, 0.25) is 10.0 Å². The van der Waals surface area contributed by atoms with Crippen molar-refractivity contribution in [2.75, 3.05) is 30.3 Å². The number of benzene rings is 1. The van der Waals surface area contributed by atoms with E-state index in [0.29, 0.717) is 43.2 Å². The molecule has 1 aliphatic heterocycles. The summed E-state index contributed by atoms with van der Waals surface area (Å²) in [6.07, 6.45) is 0.901. The minimum absolute atomic E-state index is 0.000452. The van der Waals surface area contributed by atoms with Crippen molar-refractivity contribution in [1.82, 2.24) is 0 Å². The van der Waals surface area contributed by atoms with Gasteiger partial charge in [-0.3, -0.25) is 4.72 Å². The molecule has 0 saturated carbocycles. The van der Waals surface area contributed by atoms with Crippen LogP contribution >= 0.6 is 0 Å². The van der Waals surface area contributed by atoms with Gasteiger partial charge in [0, 0.05) is 12.7 Å². The number of aliphatic hydroxyl groups excluding tert-OH is 1. The minimum atomic E-state index is -3.39. The lowest BCUT2D eigenvalue weighted by Crippen LogP contribution is -2.18. The molecule has 0 amide bonds. The summed E-state index contributed by atoms with van der Waals surface area (Å²) in [4.78, 5) is 0. The predicted molar refractivity (Wildman–Crippen MR) is 71.2 cm³/mol. The van der Waals surface area contributed by atoms with Gasteiger partial charge in [-0.1, -0.05) is 0 Å². The molecule has 2 rings (SSSR count). The van der Waals surface area contributed by atoms with Crippen molar-refractivity contribution < 1.29 is 23.0 Å². The van der Waals surface area contributed by atoms with E-state index in [1.54, 1.807) is 18.2 Å². The van der Waals surface area contributed by atoms with Crippen LogP contribution in [0, 0.1) is 0 Å². The van der Waals surface area contributed by atoms with Crippen LogP contribution in [0.25, 0.3) is 0 Å². The van der Waals surface area contributed by atoms with E-state index in [-0.39, 0.29) is 12.4 Å². The molecule has 0 radical (unpaired) electrons. The van der Waals surface area contributed by atoms with Crippen LogP contribution in [0.1, 0.15) is 12.8 Å². The molecular weight excluding hydrogens is 270 g/mol. The molecule has 1 aliphatic rings. The van der Waals surface area contributed by atoms with Crippen LogP contribution in [0.2, 0.25) is 0 Å². The third-order valence-corrected chi connectivity index (χ3v) is 4.01. The normalized spacial score (nSPS) is 14.2. The summed E-state index contributed by atoms with van der Waals surface area (Å²) in [5, 5.41) is 8.64. The molecule has 1 aromatic carbocycles. The zero-order valence-corrected chi connectivity index (χ0v) is 11.3. The lowest BCUT2D eigenvalue weighted by Gasteiger charge is -2.19. The van der Waals surface area contributed by atoms with E-state index in [9.17, 15) is 8.42 Å². The van der Waals surface area contributed by atoms with Crippen molar-refractivity contribution in [1.29, 1.82) is 0 Å². The Morgan fingerprint density at radius 3 is 2.63 bits per heavy atom. The smallest absolute Gasteiger partial charge is 0.232 e. The van der Waals surface area contributed by atoms with Gasteiger partial charge in [-0.05, 0) is 25.0 Å². The number of nitrogens with one attached hydrogen (secondary N) is 1. The second-order valence-electron chi connectivity index (χ2n) is 4.21. The third kappa shape index (κ3) is 4.00. The Morgan fingerprint density at radius 1 is 1.16 bits per heavy atom. The fourth-order valence-electron chi connectivity index (χ4n) is 1.74. The Morgan fingerprint density at radius 2 is 1.89 bits per heavy atom. The van der Waals surface area contributed by atoms with Gasteiger partial charge in [0.15, 0.2) is 11.5 Å². The molecule has 0 fully saturated rings. The molecule has 1 aromatic rings. The Kier molecular flexibility index (Phi) is 4.49. The molecule has 0 aliphatic carbocycles. The SMILES string of the molecule is O=S(=O)(CCCCO)Nc1ccc2c(c1)OCCO2. The number of aliphatic hydroxyl groups is 1. The summed E-state index contributed by atoms with van der Waals surface area (Å²) >= 11 is 0. The van der Waals surface area contributed by atoms with Crippen molar-refractivity contribution in [3.8, 4) is 11.5 Å². The second kappa shape index (κ2) is 6.12. The largest absolute Gasteiger partial charge is 0.486 e. The van der Waals surface area contributed by atoms with Gasteiger partial charge in [-0.2, -0.15) is 0 Å². The Bertz CT molecular complexity index is 529. The van der Waals surface area contributed by atoms with Gasteiger partial charge in [0.25, 0.3) is 0 Å². The number of fused-ring (bicyclic) bond motifs is 1. The van der Waals surface area contributed by atoms with Crippen LogP contribution < -0.4 is 14.2 Å². The fraction of sp³-hybridized carbons (Fsp3) is 0.500. The minimum Gasteiger partial charge on any atom is -0.486 e. The topological polar surface area (TPSA) is 84.9 Å². The highest BCUT2D eigenvalue weighted by Crippen LogP contribution is 2.32. The molecule has 6 nitrogen and oxygen atoms in total. The van der Waals surface area contributed by atoms with Gasteiger partial charge in [0.1, 0.15) is 13.2 Å². The number of anilines is 1. The van der Waals surface area contributed by atoms with Crippen LogP contribution in [0.4, 0.5) is 5.69 Å². The molecule has 0 aromatic heterocycles. The quantitative estimate of drug-likeness (QED) is 0.762. The van der Waals surface area contributed by atoms with E-state index in [2.05, 4.69) is 4.72 Å². The highest BCUT2D eigenvalue weighted by Gasteiger charge is 2.15. The number of sulfonamides is 1. The van der Waals surface area contributed by atoms with Crippen LogP contribution in [0.15, 0.2) is 18.2 Å². The maximum atomic E-state index is 11.8. The summed E-state index contributed by atoms with van der Waals surface area (Å²) in [5.74, 6) is 1.15. The van der Waals surface area contributed by atoms with Crippen molar-refractivity contribution in [3.05, 3.63) is 18.2 Å². The molecule has 0 atom stereocenters. The number of hydrogen-bond acceptors (Lipinski definition) is 5. The lowest BCUT2D eigenvalue weighted by atomic mass is 10.3. The summed E-state index contributed by atoms with van der Waals surface area (Å²) in [6.45, 7) is 0.957. The highest BCUT2D eigenvalue weighted by atomic mass is 32.2. The van der Waals surface area contributed by atoms with Crippen LogP contribution in [-0.4, -0.2) is 39.1 Å². The molecular formula is C12H17NO5S. The molecule has 0 saturated heterocycles. The number of hydrogen-bond donors (Lipinski definition) is 2. The summed E-state index contributed by atoms with van der Waals surface area (Å²) in [5.41, 5.74) is 0.452. The molecule has 106 valence electrons. The van der Waals surface area contributed by atoms with Crippen LogP contribution in [0.3, 0.4) is 0 Å². The summed E-state index contributed by atoms with van der Waals surface area (Å²) in [6, 6.07) is 4.93. The van der Waals surface area contributed by atoms with Crippen molar-refractivity contribution in [2.24, 2.45) is 0 Å². The molecule has 2 N–H and O–H groups in total. The van der Waals surface area contributed by atoms with Gasteiger partial charge in [-0.25, -0.2) is 8.42 Å². The summed E-state index contributed by atoms with van der Waals surface area (Å²) in [7, 11) is -3.39. The van der Waals surface area contributed by atoms with Crippen molar-refractivity contribution in [3.63, 3.8) is 0 Å². The van der Waals surface area contributed by atoms with E-state index >= 15 is 0 Å². The third-order valence-electron chi connectivity index (χ3n) is 2.64. The Hall–Kier alpha value is -1.47. The first kappa shape index (κ1) is 14.0. The van der Waals surface area contributed by atoms with E-state index in [1.807, 2.05) is 0 Å². The average Bonchev–Trinajstić information content (AvgIpc) is 2.38. The zero-order chi connectivity index (χ0) is 13.7. The number of rotatable bonds is 6. The standard InChI is InChI=1S/C12H17NO5S/c14-5-1-2-8-19(15,16)13-10-3-4-11-12(9-10)18-7-6-17-11/h3-4,9,13-14H,1-2,5-8H2. The van der Waals surface area contributed by atoms with Crippen molar-refractivity contribution in [2.45, 2.75) is 12.8 Å². The summed E-state index contributed by atoms with van der Waals surface area (Å²) < 4.78 is 36.8. The van der Waals surface area contributed by atoms with Crippen LogP contribution in [0.5, 0.6) is 11.5 Å². The second-order valence-corrected chi connectivity index (χ2v) is 6.05. The lowest BCUT2D eigenvalue weighted by molar-refractivity contribution is 0.171. The first-order valence-corrected chi connectivity index (χ1v) is 7.77. The van der Waals surface area contributed by atoms with Gasteiger partial charge < -0.3 is 14.6 Å². The van der Waals surface area contributed by atoms with Gasteiger partial charge in [-0.15, -0.1) is 0 Å². The average molecular weight is 287 g/mol. The Balaban J connectivity index is 2.02. The van der Waals surface area contributed by atoms with E-state index in [4.69, 9.17) is 14.6 Å². The van der Waals surface area contributed by atoms with Gasteiger partial charge >= 0.3 is 0 Å². The zero-order valence-electron chi connectivity index (χ0n) is 10.5. The fourth-order valence-corrected chi connectivity index (χ4v) is 2.91. The molecule has 1 heterocycles. The van der Waals surface area contributed by atoms with Crippen LogP contribution in [-0.2, 0) is 10.0 Å². The maximum Gasteiger partial charge on any atom is 0.232 e.